The summed E-state index contributed by atoms with van der Waals surface area (Å²) in [7, 11) is 1.50. The molecule has 0 fully saturated rings. The molecule has 0 saturated heterocycles. The maximum atomic E-state index is 12.7. The minimum atomic E-state index is -4.62. The van der Waals surface area contributed by atoms with Gasteiger partial charge in [-0.15, -0.1) is 0 Å². The summed E-state index contributed by atoms with van der Waals surface area (Å²) in [5, 5.41) is 10.5. The fourth-order valence-electron chi connectivity index (χ4n) is 1.92. The molecule has 0 spiro atoms. The number of aromatic nitrogens is 3. The molecule has 0 saturated carbocycles. The van der Waals surface area contributed by atoms with Crippen LogP contribution < -0.4 is 10.9 Å². The average Bonchev–Trinajstić information content (AvgIpc) is 2.64. The quantitative estimate of drug-likeness (QED) is 0.887. The van der Waals surface area contributed by atoms with Gasteiger partial charge in [-0.3, -0.25) is 14.7 Å². The first-order valence-electron chi connectivity index (χ1n) is 5.75. The molecule has 2 aromatic heterocycles. The lowest BCUT2D eigenvalue weighted by molar-refractivity contribution is -0.163. The summed E-state index contributed by atoms with van der Waals surface area (Å²) in [5.74, 6) is 0. The van der Waals surface area contributed by atoms with E-state index in [0.717, 1.165) is 13.3 Å². The zero-order valence-electron chi connectivity index (χ0n) is 11.0. The van der Waals surface area contributed by atoms with Crippen LogP contribution in [0.1, 0.15) is 13.0 Å². The van der Waals surface area contributed by atoms with Gasteiger partial charge in [0.2, 0.25) is 0 Å². The number of rotatable bonds is 2. The van der Waals surface area contributed by atoms with E-state index in [2.05, 4.69) is 4.98 Å². The summed E-state index contributed by atoms with van der Waals surface area (Å²) in [6.07, 6.45) is -3.97. The summed E-state index contributed by atoms with van der Waals surface area (Å²) in [5.41, 5.74) is -0.982. The Balaban J connectivity index is 2.71. The number of alkyl halides is 3. The molecule has 2 heterocycles. The maximum Gasteiger partial charge on any atom is 0.409 e. The van der Waals surface area contributed by atoms with Crippen molar-refractivity contribution < 1.29 is 23.1 Å². The predicted molar refractivity (Wildman–Crippen MR) is 67.4 cm³/mol. The minimum Gasteiger partial charge on any atom is -0.465 e. The first-order chi connectivity index (χ1) is 9.62. The van der Waals surface area contributed by atoms with Crippen molar-refractivity contribution in [3.63, 3.8) is 0 Å². The number of nitrogens with one attached hydrogen (secondary N) is 1. The molecule has 1 amide bonds. The molecule has 2 aromatic rings. The van der Waals surface area contributed by atoms with Crippen molar-refractivity contribution in [2.75, 3.05) is 5.32 Å². The molecule has 0 aliphatic heterocycles. The zero-order chi connectivity index (χ0) is 15.9. The second-order valence-corrected chi connectivity index (χ2v) is 4.46. The zero-order valence-corrected chi connectivity index (χ0v) is 11.0. The monoisotopic (exact) mass is 304 g/mol. The SMILES string of the molecule is CC(n1cnc2c(c(NC(=O)O)cn2C)c1=O)C(F)(F)F. The van der Waals surface area contributed by atoms with Crippen LogP contribution in [0.25, 0.3) is 11.0 Å². The maximum absolute atomic E-state index is 12.7. The number of aryl methyl sites for hydroxylation is 1. The molecule has 114 valence electrons. The molecule has 1 atom stereocenters. The van der Waals surface area contributed by atoms with E-state index in [-0.39, 0.29) is 16.7 Å². The van der Waals surface area contributed by atoms with E-state index in [9.17, 15) is 22.8 Å². The molecule has 0 bridgehead atoms. The second kappa shape index (κ2) is 4.79. The number of amides is 1. The Hall–Kier alpha value is -2.52. The Morgan fingerprint density at radius 2 is 2.10 bits per heavy atom. The van der Waals surface area contributed by atoms with Gasteiger partial charge in [0.05, 0.1) is 5.69 Å². The number of nitrogens with zero attached hydrogens (tertiary/aromatic N) is 3. The highest BCUT2D eigenvalue weighted by atomic mass is 19.4. The fraction of sp³-hybridized carbons (Fsp3) is 0.364. The summed E-state index contributed by atoms with van der Waals surface area (Å²) >= 11 is 0. The molecule has 2 rings (SSSR count). The molecular formula is C11H11F3N4O3. The fourth-order valence-corrected chi connectivity index (χ4v) is 1.92. The second-order valence-electron chi connectivity index (χ2n) is 4.46. The van der Waals surface area contributed by atoms with Gasteiger partial charge in [-0.25, -0.2) is 9.78 Å². The van der Waals surface area contributed by atoms with Crippen molar-refractivity contribution in [1.82, 2.24) is 14.1 Å². The number of carbonyl (C=O) groups is 1. The highest BCUT2D eigenvalue weighted by molar-refractivity contribution is 5.97. The molecule has 1 unspecified atom stereocenters. The predicted octanol–water partition coefficient (Wildman–Crippen LogP) is 1.95. The summed E-state index contributed by atoms with van der Waals surface area (Å²) in [4.78, 5) is 26.7. The van der Waals surface area contributed by atoms with E-state index in [4.69, 9.17) is 5.11 Å². The molecule has 0 aliphatic rings. The third-order valence-electron chi connectivity index (χ3n) is 3.04. The van der Waals surface area contributed by atoms with Crippen LogP contribution in [0.3, 0.4) is 0 Å². The van der Waals surface area contributed by atoms with E-state index < -0.39 is 23.9 Å². The Kier molecular flexibility index (Phi) is 3.39. The number of fused-ring (bicyclic) bond motifs is 1. The Bertz CT molecular complexity index is 762. The van der Waals surface area contributed by atoms with Gasteiger partial charge in [0.15, 0.2) is 0 Å². The first-order valence-corrected chi connectivity index (χ1v) is 5.75. The number of halogens is 3. The topological polar surface area (TPSA) is 89.2 Å². The Morgan fingerprint density at radius 1 is 1.48 bits per heavy atom. The molecule has 2 N–H and O–H groups in total. The van der Waals surface area contributed by atoms with Crippen molar-refractivity contribution in [2.24, 2.45) is 7.05 Å². The van der Waals surface area contributed by atoms with Crippen LogP contribution in [0.2, 0.25) is 0 Å². The van der Waals surface area contributed by atoms with Gasteiger partial charge in [-0.1, -0.05) is 0 Å². The van der Waals surface area contributed by atoms with Gasteiger partial charge < -0.3 is 9.67 Å². The summed E-state index contributed by atoms with van der Waals surface area (Å²) in [6, 6.07) is -2.07. The molecule has 10 heteroatoms. The number of anilines is 1. The van der Waals surface area contributed by atoms with Crippen LogP contribution in [-0.4, -0.2) is 31.5 Å². The van der Waals surface area contributed by atoms with Gasteiger partial charge in [0.25, 0.3) is 5.56 Å². The van der Waals surface area contributed by atoms with Crippen molar-refractivity contribution in [3.8, 4) is 0 Å². The lowest BCUT2D eigenvalue weighted by Gasteiger charge is -2.17. The van der Waals surface area contributed by atoms with Crippen molar-refractivity contribution in [2.45, 2.75) is 19.1 Å². The van der Waals surface area contributed by atoms with Crippen LogP contribution in [0.4, 0.5) is 23.7 Å². The van der Waals surface area contributed by atoms with E-state index in [1.54, 1.807) is 0 Å². The van der Waals surface area contributed by atoms with Gasteiger partial charge in [-0.2, -0.15) is 13.2 Å². The number of carboxylic acid groups (broad SMARTS) is 1. The van der Waals surface area contributed by atoms with Crippen LogP contribution in [0.5, 0.6) is 0 Å². The van der Waals surface area contributed by atoms with Crippen LogP contribution in [0.15, 0.2) is 17.3 Å². The molecular weight excluding hydrogens is 293 g/mol. The van der Waals surface area contributed by atoms with Crippen LogP contribution >= 0.6 is 0 Å². The highest BCUT2D eigenvalue weighted by Gasteiger charge is 2.38. The number of hydrogen-bond acceptors (Lipinski definition) is 3. The summed E-state index contributed by atoms with van der Waals surface area (Å²) in [6.45, 7) is 0.822. The third kappa shape index (κ3) is 2.56. The van der Waals surface area contributed by atoms with Gasteiger partial charge >= 0.3 is 12.3 Å². The van der Waals surface area contributed by atoms with Crippen LogP contribution in [0, 0.1) is 0 Å². The largest absolute Gasteiger partial charge is 0.465 e. The standard InChI is InChI=1S/C11H11F3N4O3/c1-5(11(12,13)14)18-4-15-8-7(9(18)19)6(3-17(8)2)16-10(20)21/h3-5,16H,1-2H3,(H,20,21). The van der Waals surface area contributed by atoms with Gasteiger partial charge in [-0.05, 0) is 6.92 Å². The molecule has 0 aromatic carbocycles. The molecule has 0 aliphatic carbocycles. The minimum absolute atomic E-state index is 0.0920. The van der Waals surface area contributed by atoms with Crippen molar-refractivity contribution in [1.29, 1.82) is 0 Å². The number of hydrogen-bond donors (Lipinski definition) is 2. The lowest BCUT2D eigenvalue weighted by Crippen LogP contribution is -2.32. The average molecular weight is 304 g/mol. The van der Waals surface area contributed by atoms with E-state index >= 15 is 0 Å². The third-order valence-corrected chi connectivity index (χ3v) is 3.04. The molecule has 7 nitrogen and oxygen atoms in total. The normalized spacial score (nSPS) is 13.4. The smallest absolute Gasteiger partial charge is 0.409 e. The van der Waals surface area contributed by atoms with E-state index in [1.807, 2.05) is 5.32 Å². The van der Waals surface area contributed by atoms with E-state index in [0.29, 0.717) is 4.57 Å². The summed E-state index contributed by atoms with van der Waals surface area (Å²) < 4.78 is 40.0. The highest BCUT2D eigenvalue weighted by Crippen LogP contribution is 2.29. The molecule has 21 heavy (non-hydrogen) atoms. The van der Waals surface area contributed by atoms with Crippen molar-refractivity contribution in [3.05, 3.63) is 22.9 Å². The lowest BCUT2D eigenvalue weighted by atomic mass is 10.3. The van der Waals surface area contributed by atoms with Crippen LogP contribution in [-0.2, 0) is 7.05 Å². The van der Waals surface area contributed by atoms with E-state index in [1.165, 1.54) is 17.8 Å². The Morgan fingerprint density at radius 3 is 2.62 bits per heavy atom. The van der Waals surface area contributed by atoms with Gasteiger partial charge in [0.1, 0.15) is 23.4 Å². The van der Waals surface area contributed by atoms with Crippen molar-refractivity contribution >= 4 is 22.8 Å². The molecule has 0 radical (unpaired) electrons. The van der Waals surface area contributed by atoms with Gasteiger partial charge in [0, 0.05) is 13.2 Å². The first kappa shape index (κ1) is 14.9. The Labute approximate surface area is 115 Å².